The number of carbonyl (C=O) groups is 2. The number of rotatable bonds is 7. The molecule has 1 aliphatic rings. The number of nitrogens with one attached hydrogen (secondary N) is 2. The van der Waals surface area contributed by atoms with E-state index in [0.717, 1.165) is 35.2 Å². The Morgan fingerprint density at radius 1 is 1.12 bits per heavy atom. The molecule has 3 aromatic rings. The molecule has 4 N–H and O–H groups in total. The van der Waals surface area contributed by atoms with Crippen LogP contribution in [0.2, 0.25) is 5.02 Å². The molecule has 0 saturated carbocycles. The molecule has 1 aromatic heterocycles. The number of H-pyrrole nitrogens is 1. The van der Waals surface area contributed by atoms with Crippen LogP contribution in [0.15, 0.2) is 65.5 Å². The molecule has 8 heteroatoms. The molecule has 0 aliphatic heterocycles. The minimum absolute atomic E-state index is 0.0225. The quantitative estimate of drug-likeness (QED) is 0.471. The third-order valence-electron chi connectivity index (χ3n) is 5.71. The minimum atomic E-state index is -0.779. The Kier molecular flexibility index (Phi) is 7.20. The highest BCUT2D eigenvalue weighted by Crippen LogP contribution is 2.36. The van der Waals surface area contributed by atoms with Gasteiger partial charge in [0.05, 0.1) is 17.0 Å². The predicted octanol–water partition coefficient (Wildman–Crippen LogP) is 4.14. The number of aromatic amines is 1. The minimum Gasteiger partial charge on any atom is -0.365 e. The van der Waals surface area contributed by atoms with Crippen molar-refractivity contribution in [2.24, 2.45) is 5.73 Å². The van der Waals surface area contributed by atoms with Crippen molar-refractivity contribution in [1.29, 1.82) is 0 Å². The second-order valence-corrected chi connectivity index (χ2v) is 9.51. The summed E-state index contributed by atoms with van der Waals surface area (Å²) < 4.78 is 0. The number of halogens is 1. The maximum absolute atomic E-state index is 12.9. The summed E-state index contributed by atoms with van der Waals surface area (Å²) in [6, 6.07) is 18.9. The van der Waals surface area contributed by atoms with Crippen LogP contribution < -0.4 is 16.6 Å². The van der Waals surface area contributed by atoms with Gasteiger partial charge in [-0.25, -0.2) is 0 Å². The Bertz CT molecular complexity index is 1210. The number of hydrogen-bond donors (Lipinski definition) is 3. The lowest BCUT2D eigenvalue weighted by Crippen LogP contribution is -2.35. The van der Waals surface area contributed by atoms with Gasteiger partial charge in [-0.05, 0) is 54.2 Å². The number of benzene rings is 2. The van der Waals surface area contributed by atoms with E-state index in [-0.39, 0.29) is 28.5 Å². The molecule has 4 rings (SSSR count). The van der Waals surface area contributed by atoms with Gasteiger partial charge in [-0.1, -0.05) is 54.1 Å². The number of aromatic nitrogens is 1. The molecular formula is C25H24ClN3O3S. The van der Waals surface area contributed by atoms with E-state index in [1.54, 1.807) is 0 Å². The number of hydrogen-bond acceptors (Lipinski definition) is 4. The molecule has 0 bridgehead atoms. The van der Waals surface area contributed by atoms with Crippen LogP contribution in [-0.2, 0) is 11.2 Å². The largest absolute Gasteiger partial charge is 0.365 e. The van der Waals surface area contributed by atoms with Gasteiger partial charge in [-0.2, -0.15) is 0 Å². The molecule has 2 amide bonds. The number of carbonyl (C=O) groups excluding carboxylic acids is 2. The van der Waals surface area contributed by atoms with E-state index >= 15 is 0 Å². The maximum atomic E-state index is 12.9. The molecular weight excluding hydrogens is 458 g/mol. The molecule has 33 heavy (non-hydrogen) atoms. The SMILES string of the molecule is NC(=O)c1cc2c([nH]c1=O)CCCC2NC(=O)CSC(c1ccccc1)c1ccc(Cl)cc1. The molecule has 0 fully saturated rings. The van der Waals surface area contributed by atoms with Gasteiger partial charge in [0.2, 0.25) is 5.91 Å². The number of amides is 2. The van der Waals surface area contributed by atoms with Gasteiger partial charge in [0.1, 0.15) is 5.56 Å². The highest BCUT2D eigenvalue weighted by Gasteiger charge is 2.25. The first-order valence-electron chi connectivity index (χ1n) is 10.7. The van der Waals surface area contributed by atoms with Gasteiger partial charge >= 0.3 is 0 Å². The zero-order valence-electron chi connectivity index (χ0n) is 17.8. The summed E-state index contributed by atoms with van der Waals surface area (Å²) >= 11 is 7.59. The molecule has 170 valence electrons. The number of thioether (sulfide) groups is 1. The maximum Gasteiger partial charge on any atom is 0.261 e. The van der Waals surface area contributed by atoms with E-state index in [1.165, 1.54) is 17.8 Å². The third-order valence-corrected chi connectivity index (χ3v) is 7.27. The Labute approximate surface area is 200 Å². The average Bonchev–Trinajstić information content (AvgIpc) is 2.80. The van der Waals surface area contributed by atoms with Crippen molar-refractivity contribution in [2.75, 3.05) is 5.75 Å². The van der Waals surface area contributed by atoms with Crippen LogP contribution in [0, 0.1) is 0 Å². The summed E-state index contributed by atoms with van der Waals surface area (Å²) in [6.45, 7) is 0. The predicted molar refractivity (Wildman–Crippen MR) is 132 cm³/mol. The van der Waals surface area contributed by atoms with E-state index in [9.17, 15) is 14.4 Å². The first-order valence-corrected chi connectivity index (χ1v) is 12.1. The standard InChI is InChI=1S/C25H24ClN3O3S/c26-17-11-9-16(10-12-17)23(15-5-2-1-3-6-15)33-14-22(30)28-20-7-4-8-21-18(20)13-19(24(27)31)25(32)29-21/h1-3,5-6,9-13,20,23H,4,7-8,14H2,(H2,27,31)(H,28,30)(H,29,32). The zero-order chi connectivity index (χ0) is 23.4. The monoisotopic (exact) mass is 481 g/mol. The first-order chi connectivity index (χ1) is 15.9. The first kappa shape index (κ1) is 23.1. The van der Waals surface area contributed by atoms with Gasteiger partial charge in [-0.3, -0.25) is 14.4 Å². The second kappa shape index (κ2) is 10.3. The Balaban J connectivity index is 1.49. The van der Waals surface area contributed by atoms with Gasteiger partial charge in [0, 0.05) is 10.7 Å². The van der Waals surface area contributed by atoms with Crippen molar-refractivity contribution in [3.05, 3.63) is 104 Å². The van der Waals surface area contributed by atoms with Gasteiger partial charge in [0.15, 0.2) is 0 Å². The highest BCUT2D eigenvalue weighted by atomic mass is 35.5. The summed E-state index contributed by atoms with van der Waals surface area (Å²) in [6.07, 6.45) is 2.25. The fourth-order valence-electron chi connectivity index (χ4n) is 4.12. The van der Waals surface area contributed by atoms with Crippen molar-refractivity contribution in [1.82, 2.24) is 10.3 Å². The van der Waals surface area contributed by atoms with Crippen molar-refractivity contribution in [3.63, 3.8) is 0 Å². The molecule has 6 nitrogen and oxygen atoms in total. The topological polar surface area (TPSA) is 105 Å². The van der Waals surface area contributed by atoms with Crippen LogP contribution in [-0.4, -0.2) is 22.6 Å². The lowest BCUT2D eigenvalue weighted by molar-refractivity contribution is -0.119. The molecule has 0 radical (unpaired) electrons. The zero-order valence-corrected chi connectivity index (χ0v) is 19.4. The smallest absolute Gasteiger partial charge is 0.261 e. The summed E-state index contributed by atoms with van der Waals surface area (Å²) in [5.41, 5.74) is 8.43. The van der Waals surface area contributed by atoms with Crippen LogP contribution in [0.3, 0.4) is 0 Å². The van der Waals surface area contributed by atoms with Crippen molar-refractivity contribution in [3.8, 4) is 0 Å². The van der Waals surface area contributed by atoms with E-state index in [1.807, 2.05) is 54.6 Å². The van der Waals surface area contributed by atoms with Crippen LogP contribution in [0.5, 0.6) is 0 Å². The summed E-state index contributed by atoms with van der Waals surface area (Å²) in [7, 11) is 0. The molecule has 1 aliphatic carbocycles. The number of fused-ring (bicyclic) bond motifs is 1. The van der Waals surface area contributed by atoms with Crippen LogP contribution in [0.4, 0.5) is 0 Å². The van der Waals surface area contributed by atoms with E-state index in [0.29, 0.717) is 11.4 Å². The van der Waals surface area contributed by atoms with Crippen LogP contribution in [0.1, 0.15) is 56.9 Å². The number of aryl methyl sites for hydroxylation is 1. The number of nitrogens with two attached hydrogens (primary N) is 1. The number of pyridine rings is 1. The molecule has 2 unspecified atom stereocenters. The third kappa shape index (κ3) is 5.49. The van der Waals surface area contributed by atoms with Crippen LogP contribution in [0.25, 0.3) is 0 Å². The molecule has 2 atom stereocenters. The number of primary amides is 1. The summed E-state index contributed by atoms with van der Waals surface area (Å²) in [4.78, 5) is 39.3. The lowest BCUT2D eigenvalue weighted by Gasteiger charge is -2.26. The van der Waals surface area contributed by atoms with Crippen molar-refractivity contribution >= 4 is 35.2 Å². The Hall–Kier alpha value is -3.03. The van der Waals surface area contributed by atoms with E-state index in [4.69, 9.17) is 17.3 Å². The fourth-order valence-corrected chi connectivity index (χ4v) is 5.35. The highest BCUT2D eigenvalue weighted by molar-refractivity contribution is 8.00. The van der Waals surface area contributed by atoms with E-state index in [2.05, 4.69) is 10.3 Å². The Morgan fingerprint density at radius 2 is 1.82 bits per heavy atom. The Morgan fingerprint density at radius 3 is 2.52 bits per heavy atom. The summed E-state index contributed by atoms with van der Waals surface area (Å²) in [5, 5.41) is 3.71. The van der Waals surface area contributed by atoms with Gasteiger partial charge in [-0.15, -0.1) is 11.8 Å². The fraction of sp³-hybridized carbons (Fsp3) is 0.240. The molecule has 2 aromatic carbocycles. The lowest BCUT2D eigenvalue weighted by atomic mass is 9.90. The normalized spacial score (nSPS) is 16.0. The second-order valence-electron chi connectivity index (χ2n) is 7.98. The molecule has 0 saturated heterocycles. The van der Waals surface area contributed by atoms with Crippen LogP contribution >= 0.6 is 23.4 Å². The van der Waals surface area contributed by atoms with Gasteiger partial charge in [0.25, 0.3) is 11.5 Å². The van der Waals surface area contributed by atoms with E-state index < -0.39 is 11.5 Å². The van der Waals surface area contributed by atoms with Gasteiger partial charge < -0.3 is 16.0 Å². The summed E-state index contributed by atoms with van der Waals surface area (Å²) in [5.74, 6) is -0.640. The molecule has 0 spiro atoms. The molecule has 1 heterocycles. The van der Waals surface area contributed by atoms with Crippen molar-refractivity contribution < 1.29 is 9.59 Å². The average molecular weight is 482 g/mol. The van der Waals surface area contributed by atoms with Crippen molar-refractivity contribution in [2.45, 2.75) is 30.6 Å².